The second-order valence-electron chi connectivity index (χ2n) is 8.17. The molecule has 4 heteroatoms. The Labute approximate surface area is 168 Å². The lowest BCUT2D eigenvalue weighted by atomic mass is 9.87. The third-order valence-electron chi connectivity index (χ3n) is 6.44. The number of ether oxygens (including phenoxy) is 1. The fourth-order valence-corrected chi connectivity index (χ4v) is 4.80. The normalized spacial score (nSPS) is 23.2. The van der Waals surface area contributed by atoms with Crippen molar-refractivity contribution in [3.05, 3.63) is 65.7 Å². The van der Waals surface area contributed by atoms with Gasteiger partial charge in [0.25, 0.3) is 0 Å². The molecule has 4 rings (SSSR count). The SMILES string of the molecule is COc1ccc(CN2CCC[C@]3(CCC(=O)N3Cc3ccccc3)CC2)cc1. The molecule has 2 fully saturated rings. The van der Waals surface area contributed by atoms with Crippen molar-refractivity contribution in [2.24, 2.45) is 0 Å². The Hall–Kier alpha value is -2.33. The molecule has 2 aromatic rings. The lowest BCUT2D eigenvalue weighted by molar-refractivity contribution is -0.132. The van der Waals surface area contributed by atoms with Gasteiger partial charge in [0.1, 0.15) is 5.75 Å². The Morgan fingerprint density at radius 1 is 0.893 bits per heavy atom. The molecule has 148 valence electrons. The standard InChI is InChI=1S/C24H30N2O2/c1-28-22-10-8-21(9-11-22)18-25-16-5-13-24(15-17-25)14-12-23(27)26(24)19-20-6-3-2-4-7-20/h2-4,6-11H,5,12-19H2,1H3/t24-/m0/s1. The van der Waals surface area contributed by atoms with Crippen LogP contribution in [0.4, 0.5) is 0 Å². The molecule has 2 saturated heterocycles. The molecule has 0 saturated carbocycles. The first-order valence-electron chi connectivity index (χ1n) is 10.4. The summed E-state index contributed by atoms with van der Waals surface area (Å²) in [6.07, 6.45) is 5.04. The largest absolute Gasteiger partial charge is 0.497 e. The monoisotopic (exact) mass is 378 g/mol. The maximum atomic E-state index is 12.7. The number of rotatable bonds is 5. The summed E-state index contributed by atoms with van der Waals surface area (Å²) in [4.78, 5) is 17.4. The van der Waals surface area contributed by atoms with Crippen molar-refractivity contribution in [3.8, 4) is 5.75 Å². The van der Waals surface area contributed by atoms with Crippen molar-refractivity contribution in [1.82, 2.24) is 9.80 Å². The van der Waals surface area contributed by atoms with Crippen molar-refractivity contribution in [3.63, 3.8) is 0 Å². The minimum atomic E-state index is 0.0432. The number of nitrogens with zero attached hydrogens (tertiary/aromatic N) is 2. The first-order chi connectivity index (χ1) is 13.7. The maximum absolute atomic E-state index is 12.7. The van der Waals surface area contributed by atoms with E-state index in [-0.39, 0.29) is 5.54 Å². The number of benzene rings is 2. The van der Waals surface area contributed by atoms with Crippen molar-refractivity contribution in [1.29, 1.82) is 0 Å². The van der Waals surface area contributed by atoms with Crippen LogP contribution in [0.5, 0.6) is 5.75 Å². The molecule has 0 unspecified atom stereocenters. The highest BCUT2D eigenvalue weighted by molar-refractivity contribution is 5.79. The van der Waals surface area contributed by atoms with Crippen LogP contribution in [0.25, 0.3) is 0 Å². The molecular weight excluding hydrogens is 348 g/mol. The van der Waals surface area contributed by atoms with Gasteiger partial charge in [-0.1, -0.05) is 42.5 Å². The Morgan fingerprint density at radius 2 is 1.64 bits per heavy atom. The second-order valence-corrected chi connectivity index (χ2v) is 8.17. The number of likely N-dealkylation sites (tertiary alicyclic amines) is 2. The summed E-state index contributed by atoms with van der Waals surface area (Å²) in [6.45, 7) is 3.86. The van der Waals surface area contributed by atoms with E-state index < -0.39 is 0 Å². The molecule has 2 aliphatic rings. The van der Waals surface area contributed by atoms with E-state index in [1.165, 1.54) is 11.1 Å². The van der Waals surface area contributed by atoms with Gasteiger partial charge in [-0.2, -0.15) is 0 Å². The van der Waals surface area contributed by atoms with Gasteiger partial charge in [0.2, 0.25) is 5.91 Å². The summed E-state index contributed by atoms with van der Waals surface area (Å²) in [5.74, 6) is 1.23. The topological polar surface area (TPSA) is 32.8 Å². The lowest BCUT2D eigenvalue weighted by Gasteiger charge is -2.38. The minimum Gasteiger partial charge on any atom is -0.497 e. The summed E-state index contributed by atoms with van der Waals surface area (Å²) in [5, 5.41) is 0. The van der Waals surface area contributed by atoms with Crippen LogP contribution in [-0.4, -0.2) is 41.4 Å². The van der Waals surface area contributed by atoms with Crippen LogP contribution >= 0.6 is 0 Å². The predicted molar refractivity (Wildman–Crippen MR) is 111 cm³/mol. The first-order valence-corrected chi connectivity index (χ1v) is 10.4. The molecule has 1 amide bonds. The number of amides is 1. The van der Waals surface area contributed by atoms with Crippen LogP contribution in [0.15, 0.2) is 54.6 Å². The zero-order valence-corrected chi connectivity index (χ0v) is 16.8. The van der Waals surface area contributed by atoms with Crippen molar-refractivity contribution in [2.75, 3.05) is 20.2 Å². The van der Waals surface area contributed by atoms with Crippen molar-refractivity contribution < 1.29 is 9.53 Å². The third kappa shape index (κ3) is 4.07. The molecule has 0 radical (unpaired) electrons. The van der Waals surface area contributed by atoms with E-state index in [9.17, 15) is 4.79 Å². The highest BCUT2D eigenvalue weighted by atomic mass is 16.5. The molecule has 2 aliphatic heterocycles. The van der Waals surface area contributed by atoms with Crippen molar-refractivity contribution >= 4 is 5.91 Å². The molecular formula is C24H30N2O2. The van der Waals surface area contributed by atoms with Crippen LogP contribution in [0.3, 0.4) is 0 Å². The fraction of sp³-hybridized carbons (Fsp3) is 0.458. The van der Waals surface area contributed by atoms with Crippen LogP contribution in [0.1, 0.15) is 43.2 Å². The Bertz CT molecular complexity index is 790. The summed E-state index contributed by atoms with van der Waals surface area (Å²) < 4.78 is 5.26. The van der Waals surface area contributed by atoms with Crippen LogP contribution in [0.2, 0.25) is 0 Å². The molecule has 1 spiro atoms. The van der Waals surface area contributed by atoms with Gasteiger partial charge in [-0.15, -0.1) is 0 Å². The van der Waals surface area contributed by atoms with Crippen molar-refractivity contribution in [2.45, 2.75) is 50.7 Å². The van der Waals surface area contributed by atoms with Gasteiger partial charge in [-0.3, -0.25) is 9.69 Å². The molecule has 2 heterocycles. The number of hydrogen-bond acceptors (Lipinski definition) is 3. The smallest absolute Gasteiger partial charge is 0.223 e. The predicted octanol–water partition coefficient (Wildman–Crippen LogP) is 4.24. The van der Waals surface area contributed by atoms with Crippen LogP contribution in [-0.2, 0) is 17.9 Å². The maximum Gasteiger partial charge on any atom is 0.223 e. The van der Waals surface area contributed by atoms with E-state index in [4.69, 9.17) is 4.74 Å². The van der Waals surface area contributed by atoms with E-state index in [1.54, 1.807) is 7.11 Å². The van der Waals surface area contributed by atoms with Gasteiger partial charge in [0.05, 0.1) is 7.11 Å². The Balaban J connectivity index is 1.43. The number of carbonyl (C=O) groups is 1. The van der Waals surface area contributed by atoms with E-state index in [0.29, 0.717) is 12.3 Å². The van der Waals surface area contributed by atoms with Gasteiger partial charge in [-0.05, 0) is 55.5 Å². The number of carbonyl (C=O) groups excluding carboxylic acids is 1. The van der Waals surface area contributed by atoms with E-state index >= 15 is 0 Å². The zero-order valence-electron chi connectivity index (χ0n) is 16.8. The molecule has 0 aliphatic carbocycles. The third-order valence-corrected chi connectivity index (χ3v) is 6.44. The lowest BCUT2D eigenvalue weighted by Crippen LogP contribution is -2.45. The molecule has 0 N–H and O–H groups in total. The molecule has 0 bridgehead atoms. The molecule has 2 aromatic carbocycles. The molecule has 1 atom stereocenters. The summed E-state index contributed by atoms with van der Waals surface area (Å²) in [7, 11) is 1.70. The quantitative estimate of drug-likeness (QED) is 0.780. The molecule has 4 nitrogen and oxygen atoms in total. The minimum absolute atomic E-state index is 0.0432. The average Bonchev–Trinajstić information content (AvgIpc) is 2.90. The summed E-state index contributed by atoms with van der Waals surface area (Å²) in [6, 6.07) is 18.8. The highest BCUT2D eigenvalue weighted by Crippen LogP contribution is 2.40. The second kappa shape index (κ2) is 8.36. The van der Waals surface area contributed by atoms with E-state index in [2.05, 4.69) is 46.2 Å². The fourth-order valence-electron chi connectivity index (χ4n) is 4.80. The Kier molecular flexibility index (Phi) is 5.67. The van der Waals surface area contributed by atoms with Gasteiger partial charge in [0.15, 0.2) is 0 Å². The number of hydrogen-bond donors (Lipinski definition) is 0. The zero-order chi connectivity index (χ0) is 19.4. The average molecular weight is 379 g/mol. The van der Waals surface area contributed by atoms with Gasteiger partial charge < -0.3 is 9.64 Å². The molecule has 28 heavy (non-hydrogen) atoms. The summed E-state index contributed by atoms with van der Waals surface area (Å²) >= 11 is 0. The van der Waals surface area contributed by atoms with Crippen LogP contribution < -0.4 is 4.74 Å². The highest BCUT2D eigenvalue weighted by Gasteiger charge is 2.45. The summed E-state index contributed by atoms with van der Waals surface area (Å²) in [5.41, 5.74) is 2.60. The van der Waals surface area contributed by atoms with Gasteiger partial charge >= 0.3 is 0 Å². The van der Waals surface area contributed by atoms with E-state index in [0.717, 1.165) is 57.6 Å². The van der Waals surface area contributed by atoms with Gasteiger partial charge in [0, 0.05) is 31.6 Å². The van der Waals surface area contributed by atoms with E-state index in [1.807, 2.05) is 18.2 Å². The van der Waals surface area contributed by atoms with Gasteiger partial charge in [-0.25, -0.2) is 0 Å². The Morgan fingerprint density at radius 3 is 2.39 bits per heavy atom. The first kappa shape index (κ1) is 19.0. The number of methoxy groups -OCH3 is 1. The van der Waals surface area contributed by atoms with Crippen LogP contribution in [0, 0.1) is 0 Å². The molecule has 0 aromatic heterocycles.